The van der Waals surface area contributed by atoms with Gasteiger partial charge in [0.2, 0.25) is 0 Å². The summed E-state index contributed by atoms with van der Waals surface area (Å²) < 4.78 is 0. The SMILES string of the molecule is CN(C)CC1CSCCCN1C(=O)c1ccc[nH]c1=O. The van der Waals surface area contributed by atoms with Crippen LogP contribution >= 0.6 is 11.8 Å². The number of thioether (sulfide) groups is 1. The molecular formula is C14H21N3O2S. The Morgan fingerprint density at radius 3 is 3.05 bits per heavy atom. The number of hydrogen-bond donors (Lipinski definition) is 1. The summed E-state index contributed by atoms with van der Waals surface area (Å²) in [5.74, 6) is 1.84. The lowest BCUT2D eigenvalue weighted by molar-refractivity contribution is 0.0674. The Hall–Kier alpha value is -1.27. The number of aromatic amines is 1. The summed E-state index contributed by atoms with van der Waals surface area (Å²) in [5, 5.41) is 0. The Bertz CT molecular complexity index is 515. The van der Waals surface area contributed by atoms with E-state index in [1.54, 1.807) is 18.3 Å². The fourth-order valence-corrected chi connectivity index (χ4v) is 3.47. The molecule has 0 spiro atoms. The predicted octanol–water partition coefficient (Wildman–Crippen LogP) is 0.884. The summed E-state index contributed by atoms with van der Waals surface area (Å²) in [6.07, 6.45) is 2.53. The van der Waals surface area contributed by atoms with E-state index in [2.05, 4.69) is 9.88 Å². The van der Waals surface area contributed by atoms with Crippen LogP contribution in [0.5, 0.6) is 0 Å². The van der Waals surface area contributed by atoms with Crippen LogP contribution in [0.25, 0.3) is 0 Å². The summed E-state index contributed by atoms with van der Waals surface area (Å²) in [7, 11) is 4.01. The fourth-order valence-electron chi connectivity index (χ4n) is 2.41. The minimum atomic E-state index is -0.307. The maximum atomic E-state index is 12.6. The van der Waals surface area contributed by atoms with Crippen molar-refractivity contribution in [1.29, 1.82) is 0 Å². The van der Waals surface area contributed by atoms with Crippen molar-refractivity contribution in [3.63, 3.8) is 0 Å². The molecule has 0 aromatic carbocycles. The molecule has 5 nitrogen and oxygen atoms in total. The molecule has 1 atom stereocenters. The van der Waals surface area contributed by atoms with Crippen LogP contribution in [-0.2, 0) is 0 Å². The van der Waals surface area contributed by atoms with E-state index in [0.29, 0.717) is 0 Å². The molecule has 0 radical (unpaired) electrons. The summed E-state index contributed by atoms with van der Waals surface area (Å²) in [6, 6.07) is 3.46. The van der Waals surface area contributed by atoms with Crippen molar-refractivity contribution in [2.45, 2.75) is 12.5 Å². The molecular weight excluding hydrogens is 274 g/mol. The average Bonchev–Trinajstić information content (AvgIpc) is 2.63. The van der Waals surface area contributed by atoms with Crippen LogP contribution in [0.3, 0.4) is 0 Å². The van der Waals surface area contributed by atoms with Gasteiger partial charge in [-0.2, -0.15) is 11.8 Å². The van der Waals surface area contributed by atoms with Gasteiger partial charge < -0.3 is 14.8 Å². The van der Waals surface area contributed by atoms with Gasteiger partial charge in [-0.25, -0.2) is 0 Å². The van der Waals surface area contributed by atoms with Gasteiger partial charge in [-0.05, 0) is 38.4 Å². The van der Waals surface area contributed by atoms with Crippen molar-refractivity contribution in [2.75, 3.05) is 38.7 Å². The molecule has 0 aliphatic carbocycles. The summed E-state index contributed by atoms with van der Waals surface area (Å²) in [4.78, 5) is 31.0. The maximum absolute atomic E-state index is 12.6. The van der Waals surface area contributed by atoms with Gasteiger partial charge in [0, 0.05) is 25.0 Å². The molecule has 1 fully saturated rings. The first-order valence-electron chi connectivity index (χ1n) is 6.80. The monoisotopic (exact) mass is 295 g/mol. The van der Waals surface area contributed by atoms with Crippen LogP contribution in [-0.4, -0.2) is 65.4 Å². The normalized spacial score (nSPS) is 19.9. The van der Waals surface area contributed by atoms with Crippen LogP contribution in [0.1, 0.15) is 16.8 Å². The zero-order valence-electron chi connectivity index (χ0n) is 12.0. The molecule has 0 saturated carbocycles. The third-order valence-corrected chi connectivity index (χ3v) is 4.52. The number of amides is 1. The molecule has 0 bridgehead atoms. The van der Waals surface area contributed by atoms with Crippen LogP contribution in [0.15, 0.2) is 23.1 Å². The van der Waals surface area contributed by atoms with Gasteiger partial charge in [0.15, 0.2) is 0 Å². The van der Waals surface area contributed by atoms with E-state index < -0.39 is 0 Å². The van der Waals surface area contributed by atoms with E-state index in [-0.39, 0.29) is 23.1 Å². The summed E-state index contributed by atoms with van der Waals surface area (Å²) >= 11 is 1.88. The topological polar surface area (TPSA) is 56.4 Å². The molecule has 1 saturated heterocycles. The molecule has 1 aliphatic rings. The van der Waals surface area contributed by atoms with E-state index in [1.807, 2.05) is 30.8 Å². The van der Waals surface area contributed by atoms with Gasteiger partial charge in [0.25, 0.3) is 11.5 Å². The smallest absolute Gasteiger partial charge is 0.260 e. The molecule has 1 amide bonds. The first kappa shape index (κ1) is 15.1. The molecule has 1 aromatic rings. The zero-order valence-corrected chi connectivity index (χ0v) is 12.8. The highest BCUT2D eigenvalue weighted by molar-refractivity contribution is 7.99. The fraction of sp³-hybridized carbons (Fsp3) is 0.571. The first-order valence-corrected chi connectivity index (χ1v) is 7.96. The third-order valence-electron chi connectivity index (χ3n) is 3.32. The highest BCUT2D eigenvalue weighted by Gasteiger charge is 2.28. The molecule has 20 heavy (non-hydrogen) atoms. The highest BCUT2D eigenvalue weighted by Crippen LogP contribution is 2.18. The Balaban J connectivity index is 2.24. The second-order valence-corrected chi connectivity index (χ2v) is 6.41. The van der Waals surface area contributed by atoms with Crippen LogP contribution in [0.2, 0.25) is 0 Å². The van der Waals surface area contributed by atoms with Gasteiger partial charge in [-0.15, -0.1) is 0 Å². The Morgan fingerprint density at radius 1 is 1.55 bits per heavy atom. The number of pyridine rings is 1. The van der Waals surface area contributed by atoms with Crippen molar-refractivity contribution in [3.8, 4) is 0 Å². The number of aromatic nitrogens is 1. The van der Waals surface area contributed by atoms with Gasteiger partial charge in [0.05, 0.1) is 6.04 Å². The highest BCUT2D eigenvalue weighted by atomic mass is 32.2. The lowest BCUT2D eigenvalue weighted by atomic mass is 10.2. The summed E-state index contributed by atoms with van der Waals surface area (Å²) in [6.45, 7) is 1.54. The number of carbonyl (C=O) groups is 1. The van der Waals surface area contributed by atoms with E-state index in [0.717, 1.165) is 31.0 Å². The van der Waals surface area contributed by atoms with Gasteiger partial charge in [-0.3, -0.25) is 9.59 Å². The van der Waals surface area contributed by atoms with Crippen molar-refractivity contribution in [2.24, 2.45) is 0 Å². The largest absolute Gasteiger partial charge is 0.333 e. The lowest BCUT2D eigenvalue weighted by Gasteiger charge is -2.31. The molecule has 110 valence electrons. The predicted molar refractivity (Wildman–Crippen MR) is 82.4 cm³/mol. The third kappa shape index (κ3) is 3.64. The maximum Gasteiger partial charge on any atom is 0.260 e. The van der Waals surface area contributed by atoms with Gasteiger partial charge in [-0.1, -0.05) is 0 Å². The van der Waals surface area contributed by atoms with Crippen LogP contribution < -0.4 is 5.56 Å². The van der Waals surface area contributed by atoms with Crippen molar-refractivity contribution in [3.05, 3.63) is 34.2 Å². The number of likely N-dealkylation sites (N-methyl/N-ethyl adjacent to an activating group) is 1. The average molecular weight is 295 g/mol. The molecule has 1 aliphatic heterocycles. The Kier molecular flexibility index (Phi) is 5.25. The molecule has 1 unspecified atom stereocenters. The molecule has 2 heterocycles. The second kappa shape index (κ2) is 6.95. The summed E-state index contributed by atoms with van der Waals surface area (Å²) in [5.41, 5.74) is -0.0684. The minimum Gasteiger partial charge on any atom is -0.333 e. The number of nitrogens with one attached hydrogen (secondary N) is 1. The number of rotatable bonds is 3. The van der Waals surface area contributed by atoms with Gasteiger partial charge >= 0.3 is 0 Å². The van der Waals surface area contributed by atoms with E-state index in [9.17, 15) is 9.59 Å². The first-order chi connectivity index (χ1) is 9.59. The molecule has 1 aromatic heterocycles. The van der Waals surface area contributed by atoms with Crippen molar-refractivity contribution >= 4 is 17.7 Å². The van der Waals surface area contributed by atoms with E-state index in [1.165, 1.54) is 0 Å². The van der Waals surface area contributed by atoms with E-state index in [4.69, 9.17) is 0 Å². The number of H-pyrrole nitrogens is 1. The van der Waals surface area contributed by atoms with Crippen LogP contribution in [0.4, 0.5) is 0 Å². The molecule has 2 rings (SSSR count). The van der Waals surface area contributed by atoms with Gasteiger partial charge in [0.1, 0.15) is 5.56 Å². The molecule has 1 N–H and O–H groups in total. The quantitative estimate of drug-likeness (QED) is 0.899. The number of carbonyl (C=O) groups excluding carboxylic acids is 1. The zero-order chi connectivity index (χ0) is 14.5. The number of hydrogen-bond acceptors (Lipinski definition) is 4. The number of nitrogens with zero attached hydrogens (tertiary/aromatic N) is 2. The standard InChI is InChI=1S/C14H21N3O2S/c1-16(2)9-11-10-20-8-4-7-17(11)14(19)12-5-3-6-15-13(12)18/h3,5-6,11H,4,7-10H2,1-2H3,(H,15,18). The van der Waals surface area contributed by atoms with Crippen molar-refractivity contribution in [1.82, 2.24) is 14.8 Å². The minimum absolute atomic E-state index is 0.152. The van der Waals surface area contributed by atoms with Crippen LogP contribution in [0, 0.1) is 0 Å². The molecule has 6 heteroatoms. The second-order valence-electron chi connectivity index (χ2n) is 5.26. The van der Waals surface area contributed by atoms with E-state index >= 15 is 0 Å². The Labute approximate surface area is 123 Å². The Morgan fingerprint density at radius 2 is 2.35 bits per heavy atom. The lowest BCUT2D eigenvalue weighted by Crippen LogP contribution is -2.47. The van der Waals surface area contributed by atoms with Crippen molar-refractivity contribution < 1.29 is 4.79 Å².